The van der Waals surface area contributed by atoms with Crippen molar-refractivity contribution in [3.8, 4) is 33.8 Å². The van der Waals surface area contributed by atoms with E-state index >= 15 is 0 Å². The molecule has 0 atom stereocenters. The smallest absolute Gasteiger partial charge is 0.252 e. The predicted molar refractivity (Wildman–Crippen MR) is 258 cm³/mol. The Hall–Kier alpha value is -6.20. The largest absolute Gasteiger partial charge is 0.454 e. The molecule has 0 aliphatic carbocycles. The van der Waals surface area contributed by atoms with E-state index in [1.165, 1.54) is 72.3 Å². The zero-order chi connectivity index (χ0) is 42.6. The molecule has 0 saturated carbocycles. The Kier molecular flexibility index (Phi) is 8.90. The molecule has 0 radical (unpaired) electrons. The molecule has 3 aliphatic heterocycles. The van der Waals surface area contributed by atoms with E-state index < -0.39 is 0 Å². The number of hydrogen-bond donors (Lipinski definition) is 0. The van der Waals surface area contributed by atoms with Crippen molar-refractivity contribution < 1.29 is 9.47 Å². The summed E-state index contributed by atoms with van der Waals surface area (Å²) >= 11 is 0. The minimum absolute atomic E-state index is 0.0406. The lowest BCUT2D eigenvalue weighted by Gasteiger charge is -2.45. The van der Waals surface area contributed by atoms with Gasteiger partial charge < -0.3 is 19.3 Å². The molecule has 61 heavy (non-hydrogen) atoms. The summed E-state index contributed by atoms with van der Waals surface area (Å²) in [6.45, 7) is 23.0. The van der Waals surface area contributed by atoms with Crippen LogP contribution in [0.25, 0.3) is 22.3 Å². The Labute approximate surface area is 362 Å². The lowest BCUT2D eigenvalue weighted by atomic mass is 9.33. The van der Waals surface area contributed by atoms with Gasteiger partial charge in [-0.05, 0) is 139 Å². The standard InChI is InChI=1S/C56H55BN2O2/c1-35-28-48-51-49(29-35)59(43-14-12-11-13-15-43)52-45(25-27-50-53(52)61-34-60-50)57(51)46-33-42(56(8,9)10)24-26-47(46)58(48)44-31-38(36-16-20-40(21-17-36)54(2,3)4)30-39(32-44)37-18-22-41(23-19-37)55(5,6)7/h11-33H,34H2,1-10H3. The first-order valence-electron chi connectivity index (χ1n) is 21.8. The van der Waals surface area contributed by atoms with Crippen molar-refractivity contribution in [1.82, 2.24) is 0 Å². The number of anilines is 6. The molecule has 7 aromatic rings. The van der Waals surface area contributed by atoms with Crippen LogP contribution in [0.2, 0.25) is 0 Å². The van der Waals surface area contributed by atoms with E-state index in [-0.39, 0.29) is 29.8 Å². The highest BCUT2D eigenvalue weighted by atomic mass is 16.7. The number of aryl methyl sites for hydroxylation is 1. The molecule has 0 aromatic heterocycles. The highest BCUT2D eigenvalue weighted by Gasteiger charge is 2.46. The van der Waals surface area contributed by atoms with Gasteiger partial charge in [0, 0.05) is 28.4 Å². The summed E-state index contributed by atoms with van der Waals surface area (Å²) in [5.41, 5.74) is 20.6. The summed E-state index contributed by atoms with van der Waals surface area (Å²) in [7, 11) is 0. The SMILES string of the molecule is Cc1cc2c3c(c1)N(c1ccccc1)c1c(ccc4c1OCO4)B3c1cc(C(C)(C)C)ccc1N2c1cc(-c2ccc(C(C)(C)C)cc2)cc(-c2ccc(C(C)(C)C)cc2)c1. The first-order chi connectivity index (χ1) is 29.0. The van der Waals surface area contributed by atoms with Gasteiger partial charge in [-0.2, -0.15) is 0 Å². The number of hydrogen-bond acceptors (Lipinski definition) is 4. The normalized spacial score (nSPS) is 14.2. The molecule has 3 heterocycles. The Morgan fingerprint density at radius 2 is 1.02 bits per heavy atom. The van der Waals surface area contributed by atoms with Gasteiger partial charge in [0.1, 0.15) is 0 Å². The molecule has 0 bridgehead atoms. The fourth-order valence-electron chi connectivity index (χ4n) is 9.57. The van der Waals surface area contributed by atoms with Crippen LogP contribution < -0.4 is 35.7 Å². The maximum Gasteiger partial charge on any atom is 0.252 e. The fraction of sp³-hybridized carbons (Fsp3) is 0.250. The zero-order valence-corrected chi connectivity index (χ0v) is 37.3. The van der Waals surface area contributed by atoms with Crippen LogP contribution >= 0.6 is 0 Å². The van der Waals surface area contributed by atoms with Gasteiger partial charge in [0.05, 0.1) is 5.69 Å². The molecule has 0 fully saturated rings. The van der Waals surface area contributed by atoms with Crippen molar-refractivity contribution in [2.24, 2.45) is 0 Å². The molecule has 0 amide bonds. The molecule has 4 nitrogen and oxygen atoms in total. The number of nitrogens with zero attached hydrogens (tertiary/aromatic N) is 2. The Morgan fingerprint density at radius 1 is 0.459 bits per heavy atom. The van der Waals surface area contributed by atoms with Crippen LogP contribution in [0.5, 0.6) is 11.5 Å². The van der Waals surface area contributed by atoms with Gasteiger partial charge in [-0.15, -0.1) is 0 Å². The Morgan fingerprint density at radius 3 is 1.59 bits per heavy atom. The Bertz CT molecular complexity index is 2770. The lowest BCUT2D eigenvalue weighted by Crippen LogP contribution is -2.61. The second-order valence-electron chi connectivity index (χ2n) is 20.3. The summed E-state index contributed by atoms with van der Waals surface area (Å²) in [6.07, 6.45) is 0. The summed E-state index contributed by atoms with van der Waals surface area (Å²) in [4.78, 5) is 4.96. The molecule has 0 unspecified atom stereocenters. The summed E-state index contributed by atoms with van der Waals surface area (Å²) < 4.78 is 12.4. The summed E-state index contributed by atoms with van der Waals surface area (Å²) in [5.74, 6) is 1.59. The van der Waals surface area contributed by atoms with Gasteiger partial charge in [-0.25, -0.2) is 0 Å². The van der Waals surface area contributed by atoms with Crippen LogP contribution in [0.4, 0.5) is 34.1 Å². The molecule has 0 saturated heterocycles. The van der Waals surface area contributed by atoms with E-state index in [0.717, 1.165) is 34.2 Å². The minimum atomic E-state index is -0.0514. The fourth-order valence-corrected chi connectivity index (χ4v) is 9.57. The third kappa shape index (κ3) is 6.61. The maximum atomic E-state index is 6.38. The maximum absolute atomic E-state index is 6.38. The van der Waals surface area contributed by atoms with E-state index in [2.05, 4.69) is 219 Å². The molecule has 0 spiro atoms. The highest BCUT2D eigenvalue weighted by Crippen LogP contribution is 2.51. The van der Waals surface area contributed by atoms with E-state index in [1.807, 2.05) is 0 Å². The van der Waals surface area contributed by atoms with E-state index in [0.29, 0.717) is 0 Å². The number of rotatable bonds is 4. The van der Waals surface area contributed by atoms with Crippen LogP contribution in [0.1, 0.15) is 84.6 Å². The molecular weight excluding hydrogens is 743 g/mol. The van der Waals surface area contributed by atoms with Gasteiger partial charge in [0.25, 0.3) is 6.71 Å². The monoisotopic (exact) mass is 798 g/mol. The number of fused-ring (bicyclic) bond motifs is 6. The van der Waals surface area contributed by atoms with E-state index in [1.54, 1.807) is 0 Å². The third-order valence-electron chi connectivity index (χ3n) is 12.9. The molecule has 7 aromatic carbocycles. The van der Waals surface area contributed by atoms with Gasteiger partial charge in [0.2, 0.25) is 6.79 Å². The third-order valence-corrected chi connectivity index (χ3v) is 12.9. The van der Waals surface area contributed by atoms with E-state index in [9.17, 15) is 0 Å². The van der Waals surface area contributed by atoms with Crippen LogP contribution in [0.15, 0.2) is 140 Å². The molecular formula is C56H55BN2O2. The molecule has 0 N–H and O–H groups in total. The molecule has 304 valence electrons. The number of para-hydroxylation sites is 1. The first-order valence-corrected chi connectivity index (χ1v) is 21.8. The minimum Gasteiger partial charge on any atom is -0.454 e. The van der Waals surface area contributed by atoms with Crippen LogP contribution in [0, 0.1) is 6.92 Å². The number of benzene rings is 7. The quantitative estimate of drug-likeness (QED) is 0.166. The molecule has 3 aliphatic rings. The zero-order valence-electron chi connectivity index (χ0n) is 37.3. The van der Waals surface area contributed by atoms with Gasteiger partial charge >= 0.3 is 0 Å². The van der Waals surface area contributed by atoms with Crippen molar-refractivity contribution in [3.05, 3.63) is 162 Å². The lowest BCUT2D eigenvalue weighted by molar-refractivity contribution is 0.174. The van der Waals surface area contributed by atoms with Crippen molar-refractivity contribution in [2.75, 3.05) is 16.6 Å². The van der Waals surface area contributed by atoms with Gasteiger partial charge in [-0.1, -0.05) is 147 Å². The van der Waals surface area contributed by atoms with Crippen LogP contribution in [0.3, 0.4) is 0 Å². The van der Waals surface area contributed by atoms with Crippen molar-refractivity contribution >= 4 is 57.2 Å². The second kappa shape index (κ2) is 13.9. The van der Waals surface area contributed by atoms with Crippen molar-refractivity contribution in [2.45, 2.75) is 85.5 Å². The van der Waals surface area contributed by atoms with Gasteiger partial charge in [-0.3, -0.25) is 0 Å². The Balaban J connectivity index is 1.27. The van der Waals surface area contributed by atoms with Crippen molar-refractivity contribution in [3.63, 3.8) is 0 Å². The summed E-state index contributed by atoms with van der Waals surface area (Å²) in [6, 6.07) is 52.6. The average Bonchev–Trinajstić information content (AvgIpc) is 3.72. The topological polar surface area (TPSA) is 24.9 Å². The average molecular weight is 799 g/mol. The van der Waals surface area contributed by atoms with Crippen molar-refractivity contribution in [1.29, 1.82) is 0 Å². The van der Waals surface area contributed by atoms with Crippen LogP contribution in [-0.4, -0.2) is 13.5 Å². The highest BCUT2D eigenvalue weighted by molar-refractivity contribution is 7.00. The van der Waals surface area contributed by atoms with E-state index in [4.69, 9.17) is 9.47 Å². The number of ether oxygens (including phenoxy) is 2. The summed E-state index contributed by atoms with van der Waals surface area (Å²) in [5, 5.41) is 0. The molecule has 10 rings (SSSR count). The second-order valence-corrected chi connectivity index (χ2v) is 20.3. The predicted octanol–water partition coefficient (Wildman–Crippen LogP) is 13.0. The van der Waals surface area contributed by atoms with Crippen LogP contribution in [-0.2, 0) is 16.2 Å². The first kappa shape index (κ1) is 39.0. The van der Waals surface area contributed by atoms with Gasteiger partial charge in [0.15, 0.2) is 11.5 Å². The molecule has 5 heteroatoms.